The predicted molar refractivity (Wildman–Crippen MR) is 104 cm³/mol. The second kappa shape index (κ2) is 6.99. The van der Waals surface area contributed by atoms with Gasteiger partial charge in [0.2, 0.25) is 18.3 Å². The molecule has 1 aliphatic rings. The van der Waals surface area contributed by atoms with Gasteiger partial charge in [0.05, 0.1) is 39.6 Å². The monoisotopic (exact) mass is 383 g/mol. The Bertz CT molecular complexity index is 1060. The molecule has 0 N–H and O–H groups in total. The fourth-order valence-corrected chi connectivity index (χ4v) is 3.48. The molecule has 7 nitrogen and oxygen atoms in total. The first-order chi connectivity index (χ1) is 13.6. The molecular formula is C21H21NO6. The summed E-state index contributed by atoms with van der Waals surface area (Å²) >= 11 is 0. The van der Waals surface area contributed by atoms with Gasteiger partial charge in [-0.05, 0) is 30.7 Å². The van der Waals surface area contributed by atoms with Gasteiger partial charge >= 0.3 is 0 Å². The number of methoxy groups -OCH3 is 4. The molecule has 1 aromatic heterocycles. The molecule has 0 saturated carbocycles. The highest BCUT2D eigenvalue weighted by molar-refractivity contribution is 5.94. The van der Waals surface area contributed by atoms with Crippen molar-refractivity contribution in [3.05, 3.63) is 29.8 Å². The molecule has 1 aliphatic heterocycles. The minimum absolute atomic E-state index is 0.174. The normalized spacial score (nSPS) is 12.2. The van der Waals surface area contributed by atoms with E-state index in [1.165, 1.54) is 0 Å². The topological polar surface area (TPSA) is 68.3 Å². The molecule has 0 unspecified atom stereocenters. The summed E-state index contributed by atoms with van der Waals surface area (Å²) < 4.78 is 33.0. The highest BCUT2D eigenvalue weighted by atomic mass is 16.7. The van der Waals surface area contributed by atoms with Crippen molar-refractivity contribution in [2.24, 2.45) is 0 Å². The number of hydrogen-bond donors (Lipinski definition) is 0. The van der Waals surface area contributed by atoms with Gasteiger partial charge in [-0.3, -0.25) is 0 Å². The third-order valence-corrected chi connectivity index (χ3v) is 4.75. The van der Waals surface area contributed by atoms with Crippen LogP contribution in [0.1, 0.15) is 5.56 Å². The van der Waals surface area contributed by atoms with Gasteiger partial charge in [0, 0.05) is 17.0 Å². The van der Waals surface area contributed by atoms with Crippen LogP contribution in [0.3, 0.4) is 0 Å². The Balaban J connectivity index is 1.96. The first-order valence-corrected chi connectivity index (χ1v) is 8.69. The molecule has 7 heteroatoms. The Hall–Kier alpha value is -3.35. The van der Waals surface area contributed by atoms with Crippen LogP contribution in [0.5, 0.6) is 34.5 Å². The van der Waals surface area contributed by atoms with Crippen LogP contribution in [0.4, 0.5) is 0 Å². The fraction of sp³-hybridized carbons (Fsp3) is 0.286. The quantitative estimate of drug-likeness (QED) is 0.660. The van der Waals surface area contributed by atoms with Crippen molar-refractivity contribution in [3.8, 4) is 45.8 Å². The molecule has 2 aromatic carbocycles. The van der Waals surface area contributed by atoms with Gasteiger partial charge in [0.25, 0.3) is 0 Å². The number of benzene rings is 2. The van der Waals surface area contributed by atoms with Crippen LogP contribution in [0.2, 0.25) is 0 Å². The summed E-state index contributed by atoms with van der Waals surface area (Å²) in [6.45, 7) is 2.18. The van der Waals surface area contributed by atoms with E-state index < -0.39 is 0 Å². The zero-order valence-corrected chi connectivity index (χ0v) is 16.4. The zero-order chi connectivity index (χ0) is 19.8. The lowest BCUT2D eigenvalue weighted by molar-refractivity contribution is 0.171. The van der Waals surface area contributed by atoms with Gasteiger partial charge in [-0.25, -0.2) is 4.98 Å². The zero-order valence-electron chi connectivity index (χ0n) is 16.4. The average Bonchev–Trinajstić information content (AvgIpc) is 3.19. The second-order valence-electron chi connectivity index (χ2n) is 6.28. The van der Waals surface area contributed by atoms with E-state index in [-0.39, 0.29) is 6.79 Å². The van der Waals surface area contributed by atoms with Gasteiger partial charge in [0.1, 0.15) is 0 Å². The number of hydrogen-bond acceptors (Lipinski definition) is 7. The third-order valence-electron chi connectivity index (χ3n) is 4.75. The van der Waals surface area contributed by atoms with Crippen molar-refractivity contribution in [3.63, 3.8) is 0 Å². The van der Waals surface area contributed by atoms with Crippen LogP contribution >= 0.6 is 0 Å². The summed E-state index contributed by atoms with van der Waals surface area (Å²) in [5, 5.41) is 0.872. The lowest BCUT2D eigenvalue weighted by atomic mass is 10.0. The van der Waals surface area contributed by atoms with Crippen LogP contribution in [0.25, 0.3) is 22.2 Å². The van der Waals surface area contributed by atoms with E-state index in [1.54, 1.807) is 28.4 Å². The molecule has 146 valence electrons. The van der Waals surface area contributed by atoms with E-state index in [0.717, 1.165) is 27.7 Å². The smallest absolute Gasteiger partial charge is 0.231 e. The van der Waals surface area contributed by atoms with Crippen molar-refractivity contribution < 1.29 is 28.4 Å². The Morgan fingerprint density at radius 3 is 2.25 bits per heavy atom. The van der Waals surface area contributed by atoms with Gasteiger partial charge in [0.15, 0.2) is 23.0 Å². The molecule has 0 radical (unpaired) electrons. The Kier molecular flexibility index (Phi) is 4.50. The van der Waals surface area contributed by atoms with E-state index in [0.29, 0.717) is 34.5 Å². The number of rotatable bonds is 5. The molecule has 0 saturated heterocycles. The largest absolute Gasteiger partial charge is 0.493 e. The van der Waals surface area contributed by atoms with Gasteiger partial charge in [-0.15, -0.1) is 0 Å². The highest BCUT2D eigenvalue weighted by Gasteiger charge is 2.23. The van der Waals surface area contributed by atoms with Crippen molar-refractivity contribution in [1.29, 1.82) is 0 Å². The molecule has 0 bridgehead atoms. The lowest BCUT2D eigenvalue weighted by Gasteiger charge is -2.17. The molecule has 0 spiro atoms. The number of pyridine rings is 1. The number of aryl methyl sites for hydroxylation is 1. The molecule has 4 rings (SSSR count). The minimum atomic E-state index is 0.174. The number of aromatic nitrogens is 1. The standard InChI is InChI=1S/C21H21NO6/c1-11-6-13(12-7-15(23-2)19-17(8-12)27-10-28-19)22-14-9-16(24-3)20(25-4)21(26-5)18(11)14/h6-9H,10H2,1-5H3. The van der Waals surface area contributed by atoms with Crippen LogP contribution in [0, 0.1) is 6.92 Å². The number of ether oxygens (including phenoxy) is 6. The lowest BCUT2D eigenvalue weighted by Crippen LogP contribution is -1.99. The van der Waals surface area contributed by atoms with Gasteiger partial charge in [-0.2, -0.15) is 0 Å². The molecule has 28 heavy (non-hydrogen) atoms. The molecular weight excluding hydrogens is 362 g/mol. The first kappa shape index (κ1) is 18.0. The maximum absolute atomic E-state index is 5.61. The Morgan fingerprint density at radius 2 is 1.57 bits per heavy atom. The molecule has 0 aliphatic carbocycles. The summed E-state index contributed by atoms with van der Waals surface area (Å²) in [7, 11) is 6.37. The Morgan fingerprint density at radius 1 is 0.821 bits per heavy atom. The summed E-state index contributed by atoms with van der Waals surface area (Å²) in [5.41, 5.74) is 3.37. The number of fused-ring (bicyclic) bond motifs is 2. The van der Waals surface area contributed by atoms with Crippen LogP contribution in [-0.2, 0) is 0 Å². The van der Waals surface area contributed by atoms with Gasteiger partial charge in [-0.1, -0.05) is 0 Å². The van der Waals surface area contributed by atoms with E-state index in [1.807, 2.05) is 31.2 Å². The SMILES string of the molecule is COc1cc(-c2cc(C)c3c(OC)c(OC)c(OC)cc3n2)cc2c1OCO2. The molecule has 0 atom stereocenters. The maximum Gasteiger partial charge on any atom is 0.231 e. The predicted octanol–water partition coefficient (Wildman–Crippen LogP) is 3.97. The molecule has 3 aromatic rings. The van der Waals surface area contributed by atoms with Crippen LogP contribution < -0.4 is 28.4 Å². The Labute approximate surface area is 162 Å². The minimum Gasteiger partial charge on any atom is -0.493 e. The second-order valence-corrected chi connectivity index (χ2v) is 6.28. The third kappa shape index (κ3) is 2.70. The summed E-state index contributed by atoms with van der Waals surface area (Å²) in [6, 6.07) is 7.63. The summed E-state index contributed by atoms with van der Waals surface area (Å²) in [4.78, 5) is 4.83. The molecule has 0 amide bonds. The summed E-state index contributed by atoms with van der Waals surface area (Å²) in [6.07, 6.45) is 0. The van der Waals surface area contributed by atoms with E-state index in [2.05, 4.69) is 0 Å². The summed E-state index contributed by atoms with van der Waals surface area (Å²) in [5.74, 6) is 3.54. The van der Waals surface area contributed by atoms with E-state index in [4.69, 9.17) is 33.4 Å². The number of nitrogens with zero attached hydrogens (tertiary/aromatic N) is 1. The van der Waals surface area contributed by atoms with Crippen LogP contribution in [-0.4, -0.2) is 40.2 Å². The van der Waals surface area contributed by atoms with Crippen molar-refractivity contribution in [1.82, 2.24) is 4.98 Å². The molecule has 2 heterocycles. The van der Waals surface area contributed by atoms with E-state index >= 15 is 0 Å². The first-order valence-electron chi connectivity index (χ1n) is 8.69. The van der Waals surface area contributed by atoms with Crippen molar-refractivity contribution >= 4 is 10.9 Å². The van der Waals surface area contributed by atoms with Crippen LogP contribution in [0.15, 0.2) is 24.3 Å². The molecule has 0 fully saturated rings. The van der Waals surface area contributed by atoms with Crippen molar-refractivity contribution in [2.75, 3.05) is 35.2 Å². The fourth-order valence-electron chi connectivity index (χ4n) is 3.48. The van der Waals surface area contributed by atoms with Crippen molar-refractivity contribution in [2.45, 2.75) is 6.92 Å². The average molecular weight is 383 g/mol. The maximum atomic E-state index is 5.61. The van der Waals surface area contributed by atoms with Gasteiger partial charge < -0.3 is 28.4 Å². The van der Waals surface area contributed by atoms with E-state index in [9.17, 15) is 0 Å². The highest BCUT2D eigenvalue weighted by Crippen LogP contribution is 2.47.